The second-order valence-electron chi connectivity index (χ2n) is 9.32. The Bertz CT molecular complexity index is 706. The van der Waals surface area contributed by atoms with Crippen molar-refractivity contribution in [3.63, 3.8) is 0 Å². The Hall–Kier alpha value is -1.95. The first kappa shape index (κ1) is 19.8. The van der Waals surface area contributed by atoms with E-state index in [-0.39, 0.29) is 22.8 Å². The fraction of sp³-hybridized carbons (Fsp3) is 0.667. The second-order valence-corrected chi connectivity index (χ2v) is 9.32. The third-order valence-electron chi connectivity index (χ3n) is 6.79. The minimum absolute atomic E-state index is 0.0130. The van der Waals surface area contributed by atoms with E-state index in [9.17, 15) is 9.59 Å². The Balaban J connectivity index is 1.75. The van der Waals surface area contributed by atoms with E-state index in [0.717, 1.165) is 37.9 Å². The molecule has 1 aliphatic heterocycles. The van der Waals surface area contributed by atoms with Gasteiger partial charge in [-0.1, -0.05) is 6.07 Å². The summed E-state index contributed by atoms with van der Waals surface area (Å²) < 4.78 is 0. The molecule has 0 aromatic carbocycles. The summed E-state index contributed by atoms with van der Waals surface area (Å²) in [7, 11) is 4.24. The molecule has 6 nitrogen and oxygen atoms in total. The molecule has 0 unspecified atom stereocenters. The molecule has 0 radical (unpaired) electrons. The summed E-state index contributed by atoms with van der Waals surface area (Å²) >= 11 is 0. The van der Waals surface area contributed by atoms with Gasteiger partial charge >= 0.3 is 0 Å². The minimum atomic E-state index is -0.697. The summed E-state index contributed by atoms with van der Waals surface area (Å²) in [5.41, 5.74) is 5.86. The zero-order valence-corrected chi connectivity index (χ0v) is 17.0. The quantitative estimate of drug-likeness (QED) is 0.859. The Kier molecular flexibility index (Phi) is 5.06. The highest BCUT2D eigenvalue weighted by molar-refractivity contribution is 5.83. The number of nitrogens with zero attached hydrogens (tertiary/aromatic N) is 3. The average molecular weight is 373 g/mol. The number of carbonyl (C=O) groups is 2. The van der Waals surface area contributed by atoms with Crippen LogP contribution in [0.5, 0.6) is 0 Å². The lowest BCUT2D eigenvalue weighted by Crippen LogP contribution is -2.48. The van der Waals surface area contributed by atoms with Crippen molar-refractivity contribution in [3.8, 4) is 0 Å². The first-order valence-electron chi connectivity index (χ1n) is 9.77. The van der Waals surface area contributed by atoms with Crippen LogP contribution in [0, 0.1) is 10.8 Å². The molecule has 2 N–H and O–H groups in total. The van der Waals surface area contributed by atoms with Crippen LogP contribution in [-0.4, -0.2) is 53.8 Å². The van der Waals surface area contributed by atoms with Crippen molar-refractivity contribution >= 4 is 11.8 Å². The maximum absolute atomic E-state index is 12.7. The predicted octanol–water partition coefficient (Wildman–Crippen LogP) is 2.14. The summed E-state index contributed by atoms with van der Waals surface area (Å²) in [6, 6.07) is 6.11. The molecule has 1 aliphatic carbocycles. The van der Waals surface area contributed by atoms with E-state index in [1.54, 1.807) is 0 Å². The number of pyridine rings is 1. The normalized spacial score (nSPS) is 28.9. The van der Waals surface area contributed by atoms with Crippen LogP contribution in [0.3, 0.4) is 0 Å². The largest absolute Gasteiger partial charge is 0.369 e. The number of hydrogen-bond acceptors (Lipinski definition) is 4. The molecular weight excluding hydrogens is 340 g/mol. The van der Waals surface area contributed by atoms with Crippen LogP contribution in [0.2, 0.25) is 0 Å². The van der Waals surface area contributed by atoms with E-state index in [2.05, 4.69) is 30.0 Å². The molecule has 1 saturated heterocycles. The molecule has 27 heavy (non-hydrogen) atoms. The molecule has 1 aromatic heterocycles. The van der Waals surface area contributed by atoms with Gasteiger partial charge in [0.05, 0.1) is 16.6 Å². The van der Waals surface area contributed by atoms with Gasteiger partial charge in [0, 0.05) is 25.7 Å². The molecule has 1 saturated carbocycles. The van der Waals surface area contributed by atoms with Gasteiger partial charge in [-0.3, -0.25) is 19.5 Å². The lowest BCUT2D eigenvalue weighted by molar-refractivity contribution is -0.132. The summed E-state index contributed by atoms with van der Waals surface area (Å²) in [4.78, 5) is 33.1. The summed E-state index contributed by atoms with van der Waals surface area (Å²) in [6.45, 7) is 4.76. The van der Waals surface area contributed by atoms with E-state index in [4.69, 9.17) is 5.73 Å². The molecular formula is C21H32N4O2. The number of likely N-dealkylation sites (tertiary alicyclic amines) is 1. The predicted molar refractivity (Wildman–Crippen MR) is 105 cm³/mol. The van der Waals surface area contributed by atoms with Crippen LogP contribution in [0.4, 0.5) is 0 Å². The first-order chi connectivity index (χ1) is 12.6. The highest BCUT2D eigenvalue weighted by atomic mass is 16.2. The fourth-order valence-electron chi connectivity index (χ4n) is 4.78. The molecule has 2 aliphatic rings. The number of amides is 2. The lowest BCUT2D eigenvalue weighted by Gasteiger charge is -2.48. The molecule has 2 amide bonds. The van der Waals surface area contributed by atoms with Crippen molar-refractivity contribution in [1.82, 2.24) is 14.8 Å². The smallest absolute Gasteiger partial charge is 0.224 e. The van der Waals surface area contributed by atoms with Gasteiger partial charge in [0.1, 0.15) is 0 Å². The van der Waals surface area contributed by atoms with Crippen molar-refractivity contribution in [1.29, 1.82) is 0 Å². The SMILES string of the molecule is CN(C)[C@]1(c2ccccn2)CC[C@]2(CC1)CC(=O)N(CC(C)(C)C(N)=O)C2. The Morgan fingerprint density at radius 2 is 1.93 bits per heavy atom. The molecule has 2 fully saturated rings. The molecule has 1 aromatic rings. The maximum atomic E-state index is 12.7. The minimum Gasteiger partial charge on any atom is -0.369 e. The van der Waals surface area contributed by atoms with Gasteiger partial charge in [-0.05, 0) is 71.2 Å². The number of aromatic nitrogens is 1. The van der Waals surface area contributed by atoms with Gasteiger partial charge in [-0.15, -0.1) is 0 Å². The Morgan fingerprint density at radius 3 is 2.44 bits per heavy atom. The van der Waals surface area contributed by atoms with Crippen molar-refractivity contribution in [2.75, 3.05) is 27.2 Å². The van der Waals surface area contributed by atoms with Gasteiger partial charge in [0.2, 0.25) is 11.8 Å². The maximum Gasteiger partial charge on any atom is 0.224 e. The zero-order valence-electron chi connectivity index (χ0n) is 17.0. The Morgan fingerprint density at radius 1 is 1.26 bits per heavy atom. The van der Waals surface area contributed by atoms with Crippen molar-refractivity contribution in [2.45, 2.75) is 51.5 Å². The van der Waals surface area contributed by atoms with Gasteiger partial charge in [0.15, 0.2) is 0 Å². The molecule has 0 bridgehead atoms. The average Bonchev–Trinajstić information content (AvgIpc) is 2.91. The van der Waals surface area contributed by atoms with Gasteiger partial charge < -0.3 is 10.6 Å². The van der Waals surface area contributed by atoms with Gasteiger partial charge in [-0.25, -0.2) is 0 Å². The van der Waals surface area contributed by atoms with Crippen molar-refractivity contribution in [2.24, 2.45) is 16.6 Å². The van der Waals surface area contributed by atoms with Gasteiger partial charge in [-0.2, -0.15) is 0 Å². The van der Waals surface area contributed by atoms with Crippen LogP contribution in [-0.2, 0) is 15.1 Å². The number of primary amides is 1. The monoisotopic (exact) mass is 372 g/mol. The van der Waals surface area contributed by atoms with Crippen molar-refractivity contribution < 1.29 is 9.59 Å². The Labute approximate surface area is 162 Å². The van der Waals surface area contributed by atoms with E-state index < -0.39 is 5.41 Å². The molecule has 3 rings (SSSR count). The van der Waals surface area contributed by atoms with Crippen LogP contribution in [0.25, 0.3) is 0 Å². The number of carbonyl (C=O) groups excluding carboxylic acids is 2. The summed E-state index contributed by atoms with van der Waals surface area (Å²) in [5.74, 6) is -0.207. The van der Waals surface area contributed by atoms with Crippen LogP contribution < -0.4 is 5.73 Å². The molecule has 2 heterocycles. The summed E-state index contributed by atoms with van der Waals surface area (Å²) in [6.07, 6.45) is 6.38. The first-order valence-corrected chi connectivity index (χ1v) is 9.77. The topological polar surface area (TPSA) is 79.5 Å². The van der Waals surface area contributed by atoms with Crippen LogP contribution >= 0.6 is 0 Å². The zero-order chi connectivity index (χ0) is 19.9. The van der Waals surface area contributed by atoms with E-state index in [1.807, 2.05) is 37.1 Å². The third kappa shape index (κ3) is 3.59. The van der Waals surface area contributed by atoms with Crippen LogP contribution in [0.15, 0.2) is 24.4 Å². The summed E-state index contributed by atoms with van der Waals surface area (Å²) in [5, 5.41) is 0. The molecule has 6 heteroatoms. The number of hydrogen-bond donors (Lipinski definition) is 1. The fourth-order valence-corrected chi connectivity index (χ4v) is 4.78. The second kappa shape index (κ2) is 6.89. The molecule has 1 spiro atoms. The highest BCUT2D eigenvalue weighted by Crippen LogP contribution is 2.51. The number of rotatable bonds is 5. The highest BCUT2D eigenvalue weighted by Gasteiger charge is 2.51. The lowest BCUT2D eigenvalue weighted by atomic mass is 9.65. The van der Waals surface area contributed by atoms with Crippen molar-refractivity contribution in [3.05, 3.63) is 30.1 Å². The van der Waals surface area contributed by atoms with Crippen LogP contribution in [0.1, 0.15) is 51.6 Å². The third-order valence-corrected chi connectivity index (χ3v) is 6.79. The standard InChI is InChI=1S/C21H32N4O2/c1-19(2,18(22)27)14-25-15-20(13-17(25)26)8-10-21(11-9-20,24(3)4)16-7-5-6-12-23-16/h5-7,12H,8-11,13-15H2,1-4H3,(H2,22,27)/t20-,21+. The van der Waals surface area contributed by atoms with Gasteiger partial charge in [0.25, 0.3) is 0 Å². The molecule has 148 valence electrons. The molecule has 0 atom stereocenters. The van der Waals surface area contributed by atoms with E-state index in [1.165, 1.54) is 0 Å². The van der Waals surface area contributed by atoms with E-state index in [0.29, 0.717) is 13.0 Å². The number of nitrogens with two attached hydrogens (primary N) is 1. The van der Waals surface area contributed by atoms with E-state index >= 15 is 0 Å².